The van der Waals surface area contributed by atoms with Crippen molar-refractivity contribution in [1.82, 2.24) is 0 Å². The second-order valence-electron chi connectivity index (χ2n) is 3.78. The Kier molecular flexibility index (Phi) is 4.05. The minimum atomic E-state index is -4.57. The van der Waals surface area contributed by atoms with E-state index in [4.69, 9.17) is 0 Å². The third-order valence-corrected chi connectivity index (χ3v) is 4.27. The van der Waals surface area contributed by atoms with E-state index in [0.29, 0.717) is 4.47 Å². The van der Waals surface area contributed by atoms with Gasteiger partial charge in [-0.3, -0.25) is 4.72 Å². The molecule has 0 aliphatic heterocycles. The Morgan fingerprint density at radius 3 is 2.10 bits per heavy atom. The van der Waals surface area contributed by atoms with Crippen LogP contribution in [0.25, 0.3) is 0 Å². The summed E-state index contributed by atoms with van der Waals surface area (Å²) in [4.78, 5) is -1.15. The van der Waals surface area contributed by atoms with Gasteiger partial charge in [-0.15, -0.1) is 0 Å². The summed E-state index contributed by atoms with van der Waals surface area (Å²) < 4.78 is 66.5. The summed E-state index contributed by atoms with van der Waals surface area (Å²) in [6.45, 7) is 0. The van der Waals surface area contributed by atoms with E-state index in [2.05, 4.69) is 15.9 Å². The molecule has 3 nitrogen and oxygen atoms in total. The molecule has 2 aromatic rings. The molecule has 0 saturated carbocycles. The predicted molar refractivity (Wildman–Crippen MR) is 71.3 cm³/mol. The third-order valence-electron chi connectivity index (χ3n) is 2.36. The summed E-state index contributed by atoms with van der Waals surface area (Å²) in [5.74, 6) is -3.38. The summed E-state index contributed by atoms with van der Waals surface area (Å²) in [6.07, 6.45) is 0. The van der Waals surface area contributed by atoms with E-state index in [9.17, 15) is 21.6 Å². The van der Waals surface area contributed by atoms with Crippen molar-refractivity contribution in [3.05, 3.63) is 58.3 Å². The Hall–Kier alpha value is -1.54. The van der Waals surface area contributed by atoms with Crippen LogP contribution in [0.15, 0.2) is 45.8 Å². The van der Waals surface area contributed by atoms with Crippen LogP contribution in [0.5, 0.6) is 0 Å². The van der Waals surface area contributed by atoms with E-state index in [1.54, 1.807) is 0 Å². The Labute approximate surface area is 121 Å². The van der Waals surface area contributed by atoms with Gasteiger partial charge < -0.3 is 0 Å². The minimum absolute atomic E-state index is 0.398. The van der Waals surface area contributed by atoms with Crippen LogP contribution in [0.3, 0.4) is 0 Å². The van der Waals surface area contributed by atoms with Crippen LogP contribution < -0.4 is 4.72 Å². The maximum atomic E-state index is 13.6. The van der Waals surface area contributed by atoms with E-state index in [0.717, 1.165) is 30.3 Å². The summed E-state index contributed by atoms with van der Waals surface area (Å²) >= 11 is 3.01. The molecule has 0 amide bonds. The number of benzene rings is 2. The Balaban J connectivity index is 2.46. The van der Waals surface area contributed by atoms with Crippen molar-refractivity contribution in [2.75, 3.05) is 4.72 Å². The van der Waals surface area contributed by atoms with E-state index in [-0.39, 0.29) is 0 Å². The highest BCUT2D eigenvalue weighted by atomic mass is 79.9. The molecule has 2 aromatic carbocycles. The zero-order valence-corrected chi connectivity index (χ0v) is 12.1. The molecule has 0 fully saturated rings. The number of anilines is 1. The fourth-order valence-corrected chi connectivity index (χ4v) is 3.05. The number of hydrogen-bond acceptors (Lipinski definition) is 2. The lowest BCUT2D eigenvalue weighted by atomic mass is 10.3. The average Bonchev–Trinajstić information content (AvgIpc) is 2.32. The molecule has 0 heterocycles. The normalized spacial score (nSPS) is 11.4. The average molecular weight is 366 g/mol. The van der Waals surface area contributed by atoms with Crippen LogP contribution in [0.4, 0.5) is 18.9 Å². The fourth-order valence-electron chi connectivity index (χ4n) is 1.51. The lowest BCUT2D eigenvalue weighted by Gasteiger charge is -2.10. The molecule has 106 valence electrons. The first-order chi connectivity index (χ1) is 9.31. The summed E-state index contributed by atoms with van der Waals surface area (Å²) in [7, 11) is -4.57. The van der Waals surface area contributed by atoms with Gasteiger partial charge in [-0.1, -0.05) is 22.0 Å². The minimum Gasteiger partial charge on any atom is -0.276 e. The molecule has 0 aliphatic rings. The monoisotopic (exact) mass is 365 g/mol. The van der Waals surface area contributed by atoms with E-state index in [1.807, 2.05) is 4.72 Å². The van der Waals surface area contributed by atoms with Gasteiger partial charge in [-0.2, -0.15) is 0 Å². The number of sulfonamides is 1. The SMILES string of the molecule is O=S(=O)(Nc1ccc(Br)cc1F)c1c(F)cccc1F. The first kappa shape index (κ1) is 14.9. The van der Waals surface area contributed by atoms with Gasteiger partial charge >= 0.3 is 0 Å². The van der Waals surface area contributed by atoms with Gasteiger partial charge in [0.15, 0.2) is 4.90 Å². The first-order valence-electron chi connectivity index (χ1n) is 5.23. The molecule has 1 N–H and O–H groups in total. The molecule has 0 unspecified atom stereocenters. The van der Waals surface area contributed by atoms with E-state index < -0.39 is 38.1 Å². The van der Waals surface area contributed by atoms with Crippen molar-refractivity contribution >= 4 is 31.6 Å². The molecule has 0 atom stereocenters. The molecule has 0 spiro atoms. The van der Waals surface area contributed by atoms with Crippen LogP contribution in [-0.2, 0) is 10.0 Å². The van der Waals surface area contributed by atoms with Gasteiger partial charge in [0.2, 0.25) is 0 Å². The van der Waals surface area contributed by atoms with Gasteiger partial charge in [0.05, 0.1) is 5.69 Å². The molecule has 2 rings (SSSR count). The summed E-state index contributed by atoms with van der Waals surface area (Å²) in [5, 5.41) is 0. The molecule has 0 bridgehead atoms. The second kappa shape index (κ2) is 5.45. The third kappa shape index (κ3) is 2.96. The molecule has 0 aliphatic carbocycles. The van der Waals surface area contributed by atoms with Crippen molar-refractivity contribution in [1.29, 1.82) is 0 Å². The maximum absolute atomic E-state index is 13.6. The van der Waals surface area contributed by atoms with Crippen LogP contribution in [-0.4, -0.2) is 8.42 Å². The standard InChI is InChI=1S/C12H7BrF3NO2S/c13-7-4-5-11(10(16)6-7)17-20(18,19)12-8(14)2-1-3-9(12)15/h1-6,17H. The molecular weight excluding hydrogens is 359 g/mol. The quantitative estimate of drug-likeness (QED) is 0.901. The highest BCUT2D eigenvalue weighted by Crippen LogP contribution is 2.25. The van der Waals surface area contributed by atoms with Gasteiger partial charge in [-0.25, -0.2) is 21.6 Å². The van der Waals surface area contributed by atoms with Crippen LogP contribution in [0, 0.1) is 17.5 Å². The van der Waals surface area contributed by atoms with Gasteiger partial charge in [-0.05, 0) is 30.3 Å². The molecule has 0 radical (unpaired) electrons. The summed E-state index contributed by atoms with van der Waals surface area (Å²) in [6, 6.07) is 6.18. The van der Waals surface area contributed by atoms with Crippen molar-refractivity contribution in [3.8, 4) is 0 Å². The number of rotatable bonds is 3. The van der Waals surface area contributed by atoms with E-state index >= 15 is 0 Å². The molecular formula is C12H7BrF3NO2S. The van der Waals surface area contributed by atoms with Crippen molar-refractivity contribution < 1.29 is 21.6 Å². The Bertz CT molecular complexity index is 745. The lowest BCUT2D eigenvalue weighted by Crippen LogP contribution is -2.17. The van der Waals surface area contributed by atoms with Crippen LogP contribution >= 0.6 is 15.9 Å². The van der Waals surface area contributed by atoms with Crippen LogP contribution in [0.2, 0.25) is 0 Å². The highest BCUT2D eigenvalue weighted by molar-refractivity contribution is 9.10. The first-order valence-corrected chi connectivity index (χ1v) is 7.51. The number of hydrogen-bond donors (Lipinski definition) is 1. The molecule has 8 heteroatoms. The smallest absolute Gasteiger partial charge is 0.267 e. The van der Waals surface area contributed by atoms with Crippen molar-refractivity contribution in [2.45, 2.75) is 4.90 Å². The summed E-state index contributed by atoms with van der Waals surface area (Å²) in [5.41, 5.74) is -0.407. The van der Waals surface area contributed by atoms with Crippen molar-refractivity contribution in [2.24, 2.45) is 0 Å². The largest absolute Gasteiger partial charge is 0.276 e. The predicted octanol–water partition coefficient (Wildman–Crippen LogP) is 3.67. The maximum Gasteiger partial charge on any atom is 0.267 e. The molecule has 0 aromatic heterocycles. The molecule has 20 heavy (non-hydrogen) atoms. The van der Waals surface area contributed by atoms with E-state index in [1.165, 1.54) is 6.07 Å². The van der Waals surface area contributed by atoms with Crippen LogP contribution in [0.1, 0.15) is 0 Å². The Morgan fingerprint density at radius 2 is 1.55 bits per heavy atom. The lowest BCUT2D eigenvalue weighted by molar-refractivity contribution is 0.521. The molecule has 0 saturated heterocycles. The fraction of sp³-hybridized carbons (Fsp3) is 0. The Morgan fingerprint density at radius 1 is 0.950 bits per heavy atom. The zero-order chi connectivity index (χ0) is 14.9. The highest BCUT2D eigenvalue weighted by Gasteiger charge is 2.24. The number of halogens is 4. The van der Waals surface area contributed by atoms with Gasteiger partial charge in [0, 0.05) is 4.47 Å². The van der Waals surface area contributed by atoms with Gasteiger partial charge in [0.1, 0.15) is 17.5 Å². The number of nitrogens with one attached hydrogen (secondary N) is 1. The van der Waals surface area contributed by atoms with Crippen molar-refractivity contribution in [3.63, 3.8) is 0 Å². The van der Waals surface area contributed by atoms with Gasteiger partial charge in [0.25, 0.3) is 10.0 Å². The topological polar surface area (TPSA) is 46.2 Å². The zero-order valence-electron chi connectivity index (χ0n) is 9.70. The second-order valence-corrected chi connectivity index (χ2v) is 6.32.